The van der Waals surface area contributed by atoms with E-state index in [-0.39, 0.29) is 0 Å². The van der Waals surface area contributed by atoms with E-state index >= 15 is 0 Å². The molecule has 0 aliphatic heterocycles. The van der Waals surface area contributed by atoms with Crippen LogP contribution in [0.1, 0.15) is 290 Å². The lowest BCUT2D eigenvalue weighted by Gasteiger charge is -2.21. The summed E-state index contributed by atoms with van der Waals surface area (Å²) in [5.41, 5.74) is -2.23. The van der Waals surface area contributed by atoms with Gasteiger partial charge in [-0.3, -0.25) is 0 Å². The second-order valence-electron chi connectivity index (χ2n) is 16.7. The van der Waals surface area contributed by atoms with Crippen molar-refractivity contribution in [1.82, 2.24) is 0 Å². The van der Waals surface area contributed by atoms with Gasteiger partial charge in [0.05, 0.1) is 13.2 Å². The molecule has 0 bridgehead atoms. The van der Waals surface area contributed by atoms with Crippen molar-refractivity contribution in [2.75, 3.05) is 19.0 Å². The van der Waals surface area contributed by atoms with Gasteiger partial charge in [0.25, 0.3) is 0 Å². The Balaban J connectivity index is 4.08. The quantitative estimate of drug-likeness (QED) is 0.0450. The fraction of sp³-hybridized carbons (Fsp3) is 1.00. The van der Waals surface area contributed by atoms with Crippen molar-refractivity contribution in [3.05, 3.63) is 0 Å². The Morgan fingerprint density at radius 3 is 0.698 bits per heavy atom. The molecule has 0 aliphatic rings. The lowest BCUT2D eigenvalue weighted by Crippen LogP contribution is -1.98. The van der Waals surface area contributed by atoms with Crippen LogP contribution in [0.25, 0.3) is 0 Å². The Morgan fingerprint density at radius 2 is 0.472 bits per heavy atom. The number of hydrogen-bond acceptors (Lipinski definition) is 4. The second-order valence-corrected chi connectivity index (χ2v) is 23.2. The van der Waals surface area contributed by atoms with Crippen LogP contribution in [0.3, 0.4) is 0 Å². The average molecular weight is 803 g/mol. The molecule has 320 valence electrons. The summed E-state index contributed by atoms with van der Waals surface area (Å²) in [6, 6.07) is 0. The SMILES string of the molecule is CCCCCCCCCCCCCCCCOP(=S)(OCCCCCCCCCCCCCCCC)SCCCCCCCCCCCCCCCC. The van der Waals surface area contributed by atoms with Crippen molar-refractivity contribution in [2.45, 2.75) is 290 Å². The van der Waals surface area contributed by atoms with Gasteiger partial charge in [-0.1, -0.05) is 283 Å². The molecular formula is C48H99O2PS2. The zero-order chi connectivity index (χ0) is 38.4. The first-order chi connectivity index (χ1) is 26.2. The van der Waals surface area contributed by atoms with Crippen molar-refractivity contribution >= 4 is 28.9 Å². The maximum atomic E-state index is 6.44. The van der Waals surface area contributed by atoms with Gasteiger partial charge in [0, 0.05) is 5.75 Å². The summed E-state index contributed by atoms with van der Waals surface area (Å²) >= 11 is 7.99. The van der Waals surface area contributed by atoms with Gasteiger partial charge in [0.2, 0.25) is 5.69 Å². The normalized spacial score (nSPS) is 12.0. The van der Waals surface area contributed by atoms with E-state index < -0.39 is 5.69 Å². The molecule has 5 heteroatoms. The Kier molecular flexibility index (Phi) is 48.1. The smallest absolute Gasteiger partial charge is 0.247 e. The Hall–Kier alpha value is 0.920. The molecule has 0 saturated heterocycles. The Morgan fingerprint density at radius 1 is 0.283 bits per heavy atom. The molecule has 0 aromatic rings. The number of hydrogen-bond donors (Lipinski definition) is 0. The molecule has 0 rings (SSSR count). The van der Waals surface area contributed by atoms with E-state index in [1.54, 1.807) is 0 Å². The molecule has 0 radical (unpaired) electrons. The molecule has 0 atom stereocenters. The van der Waals surface area contributed by atoms with Crippen molar-refractivity contribution in [1.29, 1.82) is 0 Å². The van der Waals surface area contributed by atoms with Crippen LogP contribution in [-0.2, 0) is 20.9 Å². The predicted octanol–water partition coefficient (Wildman–Crippen LogP) is 19.4. The van der Waals surface area contributed by atoms with Crippen molar-refractivity contribution in [2.24, 2.45) is 0 Å². The van der Waals surface area contributed by atoms with Gasteiger partial charge >= 0.3 is 0 Å². The van der Waals surface area contributed by atoms with Gasteiger partial charge in [-0.2, -0.15) is 0 Å². The van der Waals surface area contributed by atoms with Gasteiger partial charge in [0.15, 0.2) is 0 Å². The maximum absolute atomic E-state index is 6.44. The van der Waals surface area contributed by atoms with E-state index in [1.807, 2.05) is 11.4 Å². The summed E-state index contributed by atoms with van der Waals surface area (Å²) in [5.74, 6) is 1.10. The van der Waals surface area contributed by atoms with Crippen LogP contribution in [0, 0.1) is 0 Å². The molecule has 0 saturated carbocycles. The molecule has 0 aromatic heterocycles. The summed E-state index contributed by atoms with van der Waals surface area (Å²) in [6.07, 6.45) is 58.6. The molecule has 0 spiro atoms. The highest BCUT2D eigenvalue weighted by Gasteiger charge is 2.19. The van der Waals surface area contributed by atoms with Crippen LogP contribution in [0.4, 0.5) is 0 Å². The van der Waals surface area contributed by atoms with Crippen LogP contribution in [0.2, 0.25) is 0 Å². The third kappa shape index (κ3) is 45.5. The summed E-state index contributed by atoms with van der Waals surface area (Å²) in [5, 5.41) is 0. The number of unbranched alkanes of at least 4 members (excludes halogenated alkanes) is 39. The highest BCUT2D eigenvalue weighted by molar-refractivity contribution is 8.67. The van der Waals surface area contributed by atoms with Crippen molar-refractivity contribution in [3.63, 3.8) is 0 Å². The summed E-state index contributed by atoms with van der Waals surface area (Å²) < 4.78 is 12.9. The van der Waals surface area contributed by atoms with Crippen LogP contribution < -0.4 is 0 Å². The zero-order valence-electron chi connectivity index (χ0n) is 36.9. The van der Waals surface area contributed by atoms with Gasteiger partial charge < -0.3 is 9.05 Å². The van der Waals surface area contributed by atoms with Crippen LogP contribution >= 0.6 is 17.1 Å². The van der Waals surface area contributed by atoms with Crippen molar-refractivity contribution in [3.8, 4) is 0 Å². The third-order valence-electron chi connectivity index (χ3n) is 11.2. The Bertz CT molecular complexity index is 615. The summed E-state index contributed by atoms with van der Waals surface area (Å²) in [7, 11) is 0. The van der Waals surface area contributed by atoms with Gasteiger partial charge in [-0.25, -0.2) is 0 Å². The summed E-state index contributed by atoms with van der Waals surface area (Å²) in [6.45, 7) is 8.50. The average Bonchev–Trinajstić information content (AvgIpc) is 3.16. The molecule has 0 N–H and O–H groups in total. The highest BCUT2D eigenvalue weighted by atomic mass is 32.9. The number of rotatable bonds is 48. The fourth-order valence-corrected chi connectivity index (χ4v) is 12.1. The highest BCUT2D eigenvalue weighted by Crippen LogP contribution is 2.61. The maximum Gasteiger partial charge on any atom is 0.247 e. The first-order valence-electron chi connectivity index (χ1n) is 24.7. The molecule has 0 unspecified atom stereocenters. The molecule has 0 amide bonds. The summed E-state index contributed by atoms with van der Waals surface area (Å²) in [4.78, 5) is 0. The standard InChI is InChI=1S/C48H99O2PS2/c1-4-7-10-13-16-19-22-25-28-31-34-37-40-43-46-49-51(52,50-47-44-41-38-35-32-29-26-23-20-17-14-11-8-5-2)53-48-45-42-39-36-33-30-27-24-21-18-15-12-9-6-3/h4-48H2,1-3H3. The van der Waals surface area contributed by atoms with Gasteiger partial charge in [0.1, 0.15) is 0 Å². The molecule has 53 heavy (non-hydrogen) atoms. The monoisotopic (exact) mass is 803 g/mol. The molecule has 0 aromatic carbocycles. The lowest BCUT2D eigenvalue weighted by molar-refractivity contribution is 0.249. The van der Waals surface area contributed by atoms with Gasteiger partial charge in [-0.05, 0) is 31.1 Å². The molecular weight excluding hydrogens is 704 g/mol. The first-order valence-corrected chi connectivity index (χ1v) is 28.9. The first kappa shape index (κ1) is 53.9. The molecule has 0 heterocycles. The largest absolute Gasteiger partial charge is 0.322 e. The fourth-order valence-electron chi connectivity index (χ4n) is 7.53. The lowest BCUT2D eigenvalue weighted by atomic mass is 10.0. The molecule has 2 nitrogen and oxygen atoms in total. The minimum atomic E-state index is -2.23. The van der Waals surface area contributed by atoms with Crippen LogP contribution in [0.5, 0.6) is 0 Å². The van der Waals surface area contributed by atoms with Crippen molar-refractivity contribution < 1.29 is 9.05 Å². The van der Waals surface area contributed by atoms with E-state index in [0.717, 1.165) is 31.8 Å². The molecule has 0 aliphatic carbocycles. The molecule has 0 fully saturated rings. The van der Waals surface area contributed by atoms with Crippen LogP contribution in [0.15, 0.2) is 0 Å². The minimum Gasteiger partial charge on any atom is -0.322 e. The van der Waals surface area contributed by atoms with E-state index in [1.165, 1.54) is 257 Å². The minimum absolute atomic E-state index is 0.791. The van der Waals surface area contributed by atoms with E-state index in [4.69, 9.17) is 20.9 Å². The topological polar surface area (TPSA) is 18.5 Å². The Labute approximate surface area is 345 Å². The second kappa shape index (κ2) is 47.3. The van der Waals surface area contributed by atoms with Crippen LogP contribution in [-0.4, -0.2) is 19.0 Å². The zero-order valence-corrected chi connectivity index (χ0v) is 39.4. The van der Waals surface area contributed by atoms with Gasteiger partial charge in [-0.15, -0.1) is 0 Å². The van der Waals surface area contributed by atoms with E-state index in [9.17, 15) is 0 Å². The predicted molar refractivity (Wildman–Crippen MR) is 250 cm³/mol. The van der Waals surface area contributed by atoms with E-state index in [0.29, 0.717) is 0 Å². The van der Waals surface area contributed by atoms with E-state index in [2.05, 4.69) is 20.8 Å². The third-order valence-corrected chi connectivity index (χ3v) is 16.7.